The molecule has 0 spiro atoms. The van der Waals surface area contributed by atoms with E-state index < -0.39 is 17.7 Å². The quantitative estimate of drug-likeness (QED) is 0.293. The number of phenols is 1. The summed E-state index contributed by atoms with van der Waals surface area (Å²) < 4.78 is 5.72. The fraction of sp³-hybridized carbons (Fsp3) is 0.214. The van der Waals surface area contributed by atoms with E-state index in [2.05, 4.69) is 0 Å². The van der Waals surface area contributed by atoms with Crippen molar-refractivity contribution in [2.24, 2.45) is 0 Å². The summed E-state index contributed by atoms with van der Waals surface area (Å²) in [6.45, 7) is 6.37. The zero-order chi connectivity index (χ0) is 24.4. The van der Waals surface area contributed by atoms with Gasteiger partial charge in [-0.2, -0.15) is 0 Å². The maximum absolute atomic E-state index is 13.2. The van der Waals surface area contributed by atoms with Gasteiger partial charge in [0.2, 0.25) is 0 Å². The molecule has 0 bridgehead atoms. The molecule has 1 fully saturated rings. The zero-order valence-corrected chi connectivity index (χ0v) is 19.4. The summed E-state index contributed by atoms with van der Waals surface area (Å²) in [6.07, 6.45) is 0.871. The van der Waals surface area contributed by atoms with Gasteiger partial charge < -0.3 is 14.9 Å². The number of aliphatic hydroxyl groups excluding tert-OH is 1. The molecule has 3 aromatic carbocycles. The minimum Gasteiger partial charge on any atom is -0.508 e. The monoisotopic (exact) mass is 457 g/mol. The Bertz CT molecular complexity index is 1280. The smallest absolute Gasteiger partial charge is 0.300 e. The van der Waals surface area contributed by atoms with Crippen molar-refractivity contribution in [2.75, 3.05) is 11.5 Å². The number of aromatic hydroxyl groups is 1. The lowest BCUT2D eigenvalue weighted by Crippen LogP contribution is -2.29. The van der Waals surface area contributed by atoms with Crippen LogP contribution in [-0.4, -0.2) is 28.5 Å². The van der Waals surface area contributed by atoms with Crippen molar-refractivity contribution in [3.8, 4) is 11.5 Å². The Morgan fingerprint density at radius 1 is 1.00 bits per heavy atom. The Kier molecular flexibility index (Phi) is 6.41. The molecular weight excluding hydrogens is 430 g/mol. The molecule has 1 unspecified atom stereocenters. The second kappa shape index (κ2) is 9.43. The number of ketones is 1. The molecule has 1 atom stereocenters. The van der Waals surface area contributed by atoms with E-state index in [1.54, 1.807) is 36.4 Å². The van der Waals surface area contributed by atoms with Gasteiger partial charge in [0.15, 0.2) is 0 Å². The van der Waals surface area contributed by atoms with Crippen LogP contribution in [0.5, 0.6) is 11.5 Å². The Labute approximate surface area is 198 Å². The van der Waals surface area contributed by atoms with Crippen LogP contribution in [0.15, 0.2) is 72.3 Å². The summed E-state index contributed by atoms with van der Waals surface area (Å²) >= 11 is 0. The Balaban J connectivity index is 1.88. The first-order valence-corrected chi connectivity index (χ1v) is 11.2. The minimum atomic E-state index is -0.848. The lowest BCUT2D eigenvalue weighted by Gasteiger charge is -2.25. The second-order valence-electron chi connectivity index (χ2n) is 8.43. The summed E-state index contributed by atoms with van der Waals surface area (Å²) in [5.41, 5.74) is 3.32. The first-order chi connectivity index (χ1) is 16.3. The van der Waals surface area contributed by atoms with Crippen molar-refractivity contribution >= 4 is 23.1 Å². The molecule has 4 rings (SSSR count). The first kappa shape index (κ1) is 23.1. The van der Waals surface area contributed by atoms with Crippen molar-refractivity contribution in [1.82, 2.24) is 0 Å². The van der Waals surface area contributed by atoms with Crippen LogP contribution in [0, 0.1) is 13.8 Å². The molecule has 1 amide bonds. The normalized spacial score (nSPS) is 17.3. The lowest BCUT2D eigenvalue weighted by molar-refractivity contribution is -0.132. The van der Waals surface area contributed by atoms with Crippen molar-refractivity contribution in [3.05, 3.63) is 94.6 Å². The van der Waals surface area contributed by atoms with E-state index in [0.29, 0.717) is 29.2 Å². The van der Waals surface area contributed by atoms with Gasteiger partial charge in [0.05, 0.1) is 18.2 Å². The van der Waals surface area contributed by atoms with E-state index in [0.717, 1.165) is 17.5 Å². The summed E-state index contributed by atoms with van der Waals surface area (Å²) in [5.74, 6) is -0.967. The molecule has 1 aliphatic rings. The highest BCUT2D eigenvalue weighted by Crippen LogP contribution is 2.42. The number of amides is 1. The van der Waals surface area contributed by atoms with Crippen molar-refractivity contribution in [3.63, 3.8) is 0 Å². The Morgan fingerprint density at radius 2 is 1.74 bits per heavy atom. The molecule has 0 saturated carbocycles. The highest BCUT2D eigenvalue weighted by atomic mass is 16.5. The molecule has 1 aliphatic heterocycles. The van der Waals surface area contributed by atoms with E-state index in [1.807, 2.05) is 39.0 Å². The summed E-state index contributed by atoms with van der Waals surface area (Å²) in [4.78, 5) is 27.9. The molecule has 1 heterocycles. The third-order valence-corrected chi connectivity index (χ3v) is 5.84. The van der Waals surface area contributed by atoms with Gasteiger partial charge in [-0.05, 0) is 79.4 Å². The number of ether oxygens (including phenoxy) is 1. The van der Waals surface area contributed by atoms with Crippen LogP contribution >= 0.6 is 0 Å². The number of benzene rings is 3. The molecule has 1 saturated heterocycles. The summed E-state index contributed by atoms with van der Waals surface area (Å²) in [7, 11) is 0. The largest absolute Gasteiger partial charge is 0.508 e. The first-order valence-electron chi connectivity index (χ1n) is 11.2. The van der Waals surface area contributed by atoms with E-state index in [-0.39, 0.29) is 17.1 Å². The van der Waals surface area contributed by atoms with Gasteiger partial charge in [0.1, 0.15) is 17.3 Å². The highest BCUT2D eigenvalue weighted by molar-refractivity contribution is 6.51. The molecule has 0 aromatic heterocycles. The van der Waals surface area contributed by atoms with Gasteiger partial charge in [-0.15, -0.1) is 0 Å². The standard InChI is InChI=1S/C28H27NO5/c1-4-14-34-23-13-10-20(16-18(23)3)26(31)24-25(19-8-11-22(30)12-9-19)29(28(33)27(24)32)21-7-5-6-17(2)15-21/h5-13,15-16,25,30-31H,4,14H2,1-3H3/b26-24-. The summed E-state index contributed by atoms with van der Waals surface area (Å²) in [5, 5.41) is 21.1. The molecule has 2 N–H and O–H groups in total. The van der Waals surface area contributed by atoms with Gasteiger partial charge in [-0.3, -0.25) is 14.5 Å². The molecule has 0 radical (unpaired) electrons. The number of phenolic OH excluding ortho intramolecular Hbond substituents is 1. The number of carbonyl (C=O) groups excluding carboxylic acids is 2. The average molecular weight is 458 g/mol. The average Bonchev–Trinajstić information content (AvgIpc) is 3.08. The number of anilines is 1. The molecule has 6 heteroatoms. The predicted molar refractivity (Wildman–Crippen MR) is 131 cm³/mol. The molecule has 174 valence electrons. The fourth-order valence-corrected chi connectivity index (χ4v) is 4.17. The fourth-order valence-electron chi connectivity index (χ4n) is 4.17. The Hall–Kier alpha value is -4.06. The third kappa shape index (κ3) is 4.27. The topological polar surface area (TPSA) is 87.1 Å². The number of aryl methyl sites for hydroxylation is 2. The minimum absolute atomic E-state index is 0.00109. The van der Waals surface area contributed by atoms with Gasteiger partial charge in [0.25, 0.3) is 11.7 Å². The predicted octanol–water partition coefficient (Wildman–Crippen LogP) is 5.42. The van der Waals surface area contributed by atoms with Gasteiger partial charge in [-0.1, -0.05) is 31.2 Å². The van der Waals surface area contributed by atoms with Crippen LogP contribution in [0.4, 0.5) is 5.69 Å². The lowest BCUT2D eigenvalue weighted by atomic mass is 9.94. The van der Waals surface area contributed by atoms with Crippen LogP contribution in [-0.2, 0) is 9.59 Å². The van der Waals surface area contributed by atoms with E-state index in [1.165, 1.54) is 17.0 Å². The Morgan fingerprint density at radius 3 is 2.38 bits per heavy atom. The van der Waals surface area contributed by atoms with Gasteiger partial charge in [0, 0.05) is 11.3 Å². The number of aliphatic hydroxyl groups is 1. The number of rotatable bonds is 6. The molecular formula is C28H27NO5. The van der Waals surface area contributed by atoms with Crippen LogP contribution in [0.25, 0.3) is 5.76 Å². The van der Waals surface area contributed by atoms with E-state index in [4.69, 9.17) is 4.74 Å². The SMILES string of the molecule is CCCOc1ccc(/C(O)=C2/C(=O)C(=O)N(c3cccc(C)c3)C2c2ccc(O)cc2)cc1C. The molecule has 3 aromatic rings. The zero-order valence-electron chi connectivity index (χ0n) is 19.4. The highest BCUT2D eigenvalue weighted by Gasteiger charge is 2.47. The molecule has 6 nitrogen and oxygen atoms in total. The van der Waals surface area contributed by atoms with Crippen LogP contribution in [0.3, 0.4) is 0 Å². The number of nitrogens with zero attached hydrogens (tertiary/aromatic N) is 1. The van der Waals surface area contributed by atoms with Gasteiger partial charge in [-0.25, -0.2) is 0 Å². The maximum atomic E-state index is 13.2. The van der Waals surface area contributed by atoms with Crippen LogP contribution in [0.2, 0.25) is 0 Å². The van der Waals surface area contributed by atoms with Crippen LogP contribution in [0.1, 0.15) is 41.6 Å². The van der Waals surface area contributed by atoms with Gasteiger partial charge >= 0.3 is 0 Å². The maximum Gasteiger partial charge on any atom is 0.300 e. The van der Waals surface area contributed by atoms with Crippen LogP contribution < -0.4 is 9.64 Å². The van der Waals surface area contributed by atoms with Crippen molar-refractivity contribution < 1.29 is 24.5 Å². The summed E-state index contributed by atoms with van der Waals surface area (Å²) in [6, 6.07) is 17.9. The number of carbonyl (C=O) groups is 2. The van der Waals surface area contributed by atoms with E-state index >= 15 is 0 Å². The molecule has 34 heavy (non-hydrogen) atoms. The second-order valence-corrected chi connectivity index (χ2v) is 8.43. The van der Waals surface area contributed by atoms with Crippen molar-refractivity contribution in [1.29, 1.82) is 0 Å². The number of hydrogen-bond acceptors (Lipinski definition) is 5. The number of hydrogen-bond donors (Lipinski definition) is 2. The third-order valence-electron chi connectivity index (χ3n) is 5.84. The molecule has 0 aliphatic carbocycles. The number of Topliss-reactive ketones (excluding diaryl/α,β-unsaturated/α-hetero) is 1. The van der Waals surface area contributed by atoms with E-state index in [9.17, 15) is 19.8 Å². The van der Waals surface area contributed by atoms with Crippen molar-refractivity contribution in [2.45, 2.75) is 33.2 Å².